The minimum absolute atomic E-state index is 0.160. The second-order valence-electron chi connectivity index (χ2n) is 6.82. The molecule has 1 N–H and O–H groups in total. The van der Waals surface area contributed by atoms with Crippen LogP contribution in [0.4, 0.5) is 0 Å². The van der Waals surface area contributed by atoms with Crippen LogP contribution in [0.1, 0.15) is 58.8 Å². The molecule has 1 spiro atoms. The molecular formula is C15H26N2O. The number of nitrogens with zero attached hydrogens (tertiary/aromatic N) is 1. The van der Waals surface area contributed by atoms with Crippen molar-refractivity contribution >= 4 is 5.91 Å². The van der Waals surface area contributed by atoms with Crippen LogP contribution in [0, 0.1) is 11.8 Å². The van der Waals surface area contributed by atoms with Gasteiger partial charge in [0, 0.05) is 6.04 Å². The van der Waals surface area contributed by atoms with Gasteiger partial charge in [-0.3, -0.25) is 10.1 Å². The molecule has 1 aliphatic heterocycles. The highest BCUT2D eigenvalue weighted by Crippen LogP contribution is 2.38. The average Bonchev–Trinajstić information content (AvgIpc) is 2.94. The number of hydrogen-bond acceptors (Lipinski definition) is 2. The molecule has 3 atom stereocenters. The van der Waals surface area contributed by atoms with Crippen molar-refractivity contribution in [1.82, 2.24) is 10.2 Å². The van der Waals surface area contributed by atoms with Gasteiger partial charge in [0.25, 0.3) is 0 Å². The van der Waals surface area contributed by atoms with E-state index in [1.807, 2.05) is 0 Å². The Labute approximate surface area is 110 Å². The van der Waals surface area contributed by atoms with Crippen molar-refractivity contribution in [2.75, 3.05) is 6.67 Å². The summed E-state index contributed by atoms with van der Waals surface area (Å²) in [5.41, 5.74) is -0.160. The van der Waals surface area contributed by atoms with Crippen LogP contribution < -0.4 is 5.32 Å². The number of nitrogens with one attached hydrogen (secondary N) is 1. The van der Waals surface area contributed by atoms with Gasteiger partial charge < -0.3 is 4.90 Å². The molecule has 3 unspecified atom stereocenters. The molecular weight excluding hydrogens is 224 g/mol. The van der Waals surface area contributed by atoms with Crippen molar-refractivity contribution in [2.45, 2.75) is 70.4 Å². The van der Waals surface area contributed by atoms with E-state index < -0.39 is 0 Å². The van der Waals surface area contributed by atoms with Crippen LogP contribution in [0.5, 0.6) is 0 Å². The highest BCUT2D eigenvalue weighted by Gasteiger charge is 2.50. The molecule has 0 radical (unpaired) electrons. The van der Waals surface area contributed by atoms with Gasteiger partial charge in [0.2, 0.25) is 5.91 Å². The van der Waals surface area contributed by atoms with E-state index in [-0.39, 0.29) is 5.54 Å². The van der Waals surface area contributed by atoms with Gasteiger partial charge in [0.05, 0.1) is 12.2 Å². The Morgan fingerprint density at radius 2 is 1.89 bits per heavy atom. The summed E-state index contributed by atoms with van der Waals surface area (Å²) in [6.07, 6.45) is 8.22. The van der Waals surface area contributed by atoms with Gasteiger partial charge in [-0.1, -0.05) is 26.7 Å². The molecule has 0 aromatic carbocycles. The van der Waals surface area contributed by atoms with Crippen molar-refractivity contribution in [3.8, 4) is 0 Å². The van der Waals surface area contributed by atoms with Crippen molar-refractivity contribution in [3.63, 3.8) is 0 Å². The number of carbonyl (C=O) groups is 1. The van der Waals surface area contributed by atoms with E-state index in [0.717, 1.165) is 31.3 Å². The van der Waals surface area contributed by atoms with Crippen molar-refractivity contribution in [2.24, 2.45) is 11.8 Å². The molecule has 0 bridgehead atoms. The SMILES string of the molecule is CC1CCC(N2CNC3(CCCC3)C2=O)CC1C. The zero-order valence-electron chi connectivity index (χ0n) is 11.7. The van der Waals surface area contributed by atoms with E-state index in [0.29, 0.717) is 11.9 Å². The van der Waals surface area contributed by atoms with E-state index in [2.05, 4.69) is 24.1 Å². The van der Waals surface area contributed by atoms with Crippen LogP contribution in [-0.4, -0.2) is 29.1 Å². The Balaban J connectivity index is 1.69. The highest BCUT2D eigenvalue weighted by molar-refractivity contribution is 5.89. The minimum atomic E-state index is -0.160. The maximum atomic E-state index is 12.7. The maximum Gasteiger partial charge on any atom is 0.244 e. The van der Waals surface area contributed by atoms with E-state index in [4.69, 9.17) is 0 Å². The smallest absolute Gasteiger partial charge is 0.244 e. The molecule has 2 aliphatic carbocycles. The first-order chi connectivity index (χ1) is 8.62. The Hall–Kier alpha value is -0.570. The molecule has 3 nitrogen and oxygen atoms in total. The fourth-order valence-corrected chi connectivity index (χ4v) is 4.13. The molecule has 0 aromatic rings. The minimum Gasteiger partial charge on any atom is -0.325 e. The van der Waals surface area contributed by atoms with Gasteiger partial charge in [-0.2, -0.15) is 0 Å². The third-order valence-corrected chi connectivity index (χ3v) is 5.73. The van der Waals surface area contributed by atoms with Crippen LogP contribution in [0.3, 0.4) is 0 Å². The van der Waals surface area contributed by atoms with Crippen LogP contribution in [-0.2, 0) is 4.79 Å². The lowest BCUT2D eigenvalue weighted by Gasteiger charge is -2.37. The normalized spacial score (nSPS) is 39.8. The van der Waals surface area contributed by atoms with Crippen LogP contribution in [0.2, 0.25) is 0 Å². The fraction of sp³-hybridized carbons (Fsp3) is 0.933. The summed E-state index contributed by atoms with van der Waals surface area (Å²) in [6, 6.07) is 0.496. The van der Waals surface area contributed by atoms with E-state index in [1.54, 1.807) is 0 Å². The predicted molar refractivity (Wildman–Crippen MR) is 72.0 cm³/mol. The number of rotatable bonds is 1. The molecule has 1 amide bonds. The molecule has 3 aliphatic rings. The lowest BCUT2D eigenvalue weighted by molar-refractivity contribution is -0.135. The third-order valence-electron chi connectivity index (χ3n) is 5.73. The van der Waals surface area contributed by atoms with E-state index in [1.165, 1.54) is 32.1 Å². The van der Waals surface area contributed by atoms with Crippen molar-refractivity contribution < 1.29 is 4.79 Å². The Morgan fingerprint density at radius 3 is 2.56 bits per heavy atom. The van der Waals surface area contributed by atoms with Crippen LogP contribution >= 0.6 is 0 Å². The second-order valence-corrected chi connectivity index (χ2v) is 6.82. The van der Waals surface area contributed by atoms with Crippen molar-refractivity contribution in [1.29, 1.82) is 0 Å². The quantitative estimate of drug-likeness (QED) is 0.775. The Kier molecular flexibility index (Phi) is 3.13. The zero-order valence-corrected chi connectivity index (χ0v) is 11.7. The Morgan fingerprint density at radius 1 is 1.17 bits per heavy atom. The van der Waals surface area contributed by atoms with Gasteiger partial charge >= 0.3 is 0 Å². The van der Waals surface area contributed by atoms with Gasteiger partial charge in [-0.15, -0.1) is 0 Å². The lowest BCUT2D eigenvalue weighted by atomic mass is 9.78. The van der Waals surface area contributed by atoms with Gasteiger partial charge in [-0.25, -0.2) is 0 Å². The molecule has 3 rings (SSSR count). The van der Waals surface area contributed by atoms with Crippen LogP contribution in [0.15, 0.2) is 0 Å². The molecule has 1 heterocycles. The predicted octanol–water partition coefficient (Wildman–Crippen LogP) is 2.51. The fourth-order valence-electron chi connectivity index (χ4n) is 4.13. The molecule has 18 heavy (non-hydrogen) atoms. The summed E-state index contributed by atoms with van der Waals surface area (Å²) in [5.74, 6) is 2.00. The molecule has 3 fully saturated rings. The largest absolute Gasteiger partial charge is 0.325 e. The zero-order chi connectivity index (χ0) is 12.8. The number of amides is 1. The monoisotopic (exact) mass is 250 g/mol. The Bertz CT molecular complexity index is 335. The first-order valence-corrected chi connectivity index (χ1v) is 7.68. The molecule has 102 valence electrons. The summed E-state index contributed by atoms with van der Waals surface area (Å²) >= 11 is 0. The third kappa shape index (κ3) is 1.87. The second kappa shape index (κ2) is 4.52. The summed E-state index contributed by atoms with van der Waals surface area (Å²) in [4.78, 5) is 14.8. The molecule has 0 aromatic heterocycles. The maximum absolute atomic E-state index is 12.7. The van der Waals surface area contributed by atoms with Gasteiger partial charge in [-0.05, 0) is 43.9 Å². The molecule has 3 heteroatoms. The summed E-state index contributed by atoms with van der Waals surface area (Å²) in [7, 11) is 0. The standard InChI is InChI=1S/C15H26N2O/c1-11-5-6-13(9-12(11)2)17-10-16-15(14(17)18)7-3-4-8-15/h11-13,16H,3-10H2,1-2H3. The molecule has 2 saturated carbocycles. The summed E-state index contributed by atoms with van der Waals surface area (Å²) in [6.45, 7) is 5.49. The van der Waals surface area contributed by atoms with Gasteiger partial charge in [0.1, 0.15) is 0 Å². The van der Waals surface area contributed by atoms with Crippen molar-refractivity contribution in [3.05, 3.63) is 0 Å². The number of carbonyl (C=O) groups excluding carboxylic acids is 1. The molecule has 1 saturated heterocycles. The number of hydrogen-bond donors (Lipinski definition) is 1. The lowest BCUT2D eigenvalue weighted by Crippen LogP contribution is -2.47. The topological polar surface area (TPSA) is 32.3 Å². The van der Waals surface area contributed by atoms with Gasteiger partial charge in [0.15, 0.2) is 0 Å². The summed E-state index contributed by atoms with van der Waals surface area (Å²) in [5, 5.41) is 3.53. The van der Waals surface area contributed by atoms with E-state index in [9.17, 15) is 4.79 Å². The van der Waals surface area contributed by atoms with Crippen LogP contribution in [0.25, 0.3) is 0 Å². The average molecular weight is 250 g/mol. The first-order valence-electron chi connectivity index (χ1n) is 7.68. The first kappa shape index (κ1) is 12.5. The van der Waals surface area contributed by atoms with E-state index >= 15 is 0 Å². The summed E-state index contributed by atoms with van der Waals surface area (Å²) < 4.78 is 0. The highest BCUT2D eigenvalue weighted by atomic mass is 16.2.